The van der Waals surface area contributed by atoms with Gasteiger partial charge < -0.3 is 10.6 Å². The number of anilines is 2. The molecule has 0 aromatic heterocycles. The van der Waals surface area contributed by atoms with Gasteiger partial charge in [0.1, 0.15) is 0 Å². The van der Waals surface area contributed by atoms with Crippen LogP contribution >= 0.6 is 11.8 Å². The molecular formula is C18H17F3N2O2S. The monoisotopic (exact) mass is 382 g/mol. The molecule has 0 saturated heterocycles. The van der Waals surface area contributed by atoms with Gasteiger partial charge in [0.05, 0.1) is 16.9 Å². The van der Waals surface area contributed by atoms with Crippen LogP contribution in [0.25, 0.3) is 0 Å². The molecule has 2 rings (SSSR count). The van der Waals surface area contributed by atoms with Gasteiger partial charge in [-0.1, -0.05) is 18.2 Å². The van der Waals surface area contributed by atoms with Crippen molar-refractivity contribution < 1.29 is 22.8 Å². The topological polar surface area (TPSA) is 58.2 Å². The molecule has 8 heteroatoms. The van der Waals surface area contributed by atoms with Crippen LogP contribution in [0.4, 0.5) is 24.5 Å². The first-order valence-corrected chi connectivity index (χ1v) is 8.71. The first kappa shape index (κ1) is 19.8. The third-order valence-electron chi connectivity index (χ3n) is 3.27. The largest absolute Gasteiger partial charge is 0.416 e. The van der Waals surface area contributed by atoms with Gasteiger partial charge in [-0.2, -0.15) is 13.2 Å². The van der Waals surface area contributed by atoms with Gasteiger partial charge in [-0.15, -0.1) is 11.8 Å². The van der Waals surface area contributed by atoms with Gasteiger partial charge in [0, 0.05) is 24.0 Å². The molecule has 2 aromatic carbocycles. The number of nitrogens with one attached hydrogen (secondary N) is 2. The van der Waals surface area contributed by atoms with E-state index in [9.17, 15) is 22.8 Å². The van der Waals surface area contributed by atoms with Gasteiger partial charge in [-0.05, 0) is 30.3 Å². The minimum Gasteiger partial charge on any atom is -0.325 e. The van der Waals surface area contributed by atoms with Gasteiger partial charge in [0.2, 0.25) is 11.8 Å². The fourth-order valence-electron chi connectivity index (χ4n) is 2.11. The van der Waals surface area contributed by atoms with Crippen LogP contribution in [0.3, 0.4) is 0 Å². The Labute approximate surface area is 153 Å². The number of halogens is 3. The van der Waals surface area contributed by atoms with E-state index in [0.717, 1.165) is 23.1 Å². The van der Waals surface area contributed by atoms with Crippen LogP contribution in [0.2, 0.25) is 0 Å². The molecule has 0 spiro atoms. The minimum atomic E-state index is -4.54. The van der Waals surface area contributed by atoms with Gasteiger partial charge in [0.25, 0.3) is 0 Å². The Morgan fingerprint density at radius 1 is 1.00 bits per heavy atom. The molecule has 0 unspecified atom stereocenters. The van der Waals surface area contributed by atoms with Gasteiger partial charge in [-0.25, -0.2) is 0 Å². The second-order valence-corrected chi connectivity index (χ2v) is 6.57. The molecule has 2 N–H and O–H groups in total. The molecule has 0 aliphatic heterocycles. The van der Waals surface area contributed by atoms with E-state index < -0.39 is 23.6 Å². The number of rotatable bonds is 6. The van der Waals surface area contributed by atoms with Crippen molar-refractivity contribution in [3.8, 4) is 0 Å². The Bertz CT molecular complexity index is 780. The highest BCUT2D eigenvalue weighted by Crippen LogP contribution is 2.34. The van der Waals surface area contributed by atoms with E-state index in [-0.39, 0.29) is 17.8 Å². The van der Waals surface area contributed by atoms with E-state index in [2.05, 4.69) is 10.6 Å². The lowest BCUT2D eigenvalue weighted by molar-refractivity contribution is -0.137. The van der Waals surface area contributed by atoms with E-state index in [1.165, 1.54) is 18.7 Å². The van der Waals surface area contributed by atoms with Crippen LogP contribution in [0.15, 0.2) is 53.4 Å². The number of hydrogen-bond acceptors (Lipinski definition) is 3. The lowest BCUT2D eigenvalue weighted by Gasteiger charge is -2.15. The number of hydrogen-bond donors (Lipinski definition) is 2. The summed E-state index contributed by atoms with van der Waals surface area (Å²) in [5.41, 5.74) is -0.861. The van der Waals surface area contributed by atoms with Crippen molar-refractivity contribution in [1.82, 2.24) is 0 Å². The smallest absolute Gasteiger partial charge is 0.325 e. The van der Waals surface area contributed by atoms with Crippen LogP contribution in [0, 0.1) is 0 Å². The summed E-state index contributed by atoms with van der Waals surface area (Å²) in [7, 11) is 0. The predicted octanol–water partition coefficient (Wildman–Crippen LogP) is 4.78. The summed E-state index contributed by atoms with van der Waals surface area (Å²) >= 11 is 1.47. The Balaban J connectivity index is 2.05. The molecule has 138 valence electrons. The molecule has 4 nitrogen and oxygen atoms in total. The molecule has 0 aliphatic carbocycles. The fraction of sp³-hybridized carbons (Fsp3) is 0.222. The second-order valence-electron chi connectivity index (χ2n) is 5.40. The van der Waals surface area contributed by atoms with Crippen molar-refractivity contribution in [3.05, 3.63) is 54.1 Å². The van der Waals surface area contributed by atoms with E-state index in [0.29, 0.717) is 5.75 Å². The second kappa shape index (κ2) is 8.75. The number of benzene rings is 2. The summed E-state index contributed by atoms with van der Waals surface area (Å²) in [5, 5.41) is 4.86. The molecule has 0 aliphatic rings. The van der Waals surface area contributed by atoms with E-state index >= 15 is 0 Å². The Kier molecular flexibility index (Phi) is 6.68. The predicted molar refractivity (Wildman–Crippen MR) is 96.2 cm³/mol. The highest BCUT2D eigenvalue weighted by molar-refractivity contribution is 7.99. The zero-order valence-corrected chi connectivity index (χ0v) is 14.7. The van der Waals surface area contributed by atoms with E-state index in [1.807, 2.05) is 30.3 Å². The summed E-state index contributed by atoms with van der Waals surface area (Å²) in [4.78, 5) is 24.3. The van der Waals surface area contributed by atoms with Gasteiger partial charge in [-0.3, -0.25) is 9.59 Å². The van der Waals surface area contributed by atoms with Crippen molar-refractivity contribution in [2.24, 2.45) is 0 Å². The highest BCUT2D eigenvalue weighted by Gasteiger charge is 2.31. The molecule has 0 saturated carbocycles. The van der Waals surface area contributed by atoms with Crippen molar-refractivity contribution in [2.45, 2.75) is 24.4 Å². The van der Waals surface area contributed by atoms with E-state index in [4.69, 9.17) is 0 Å². The lowest BCUT2D eigenvalue weighted by atomic mass is 10.1. The van der Waals surface area contributed by atoms with Crippen molar-refractivity contribution in [3.63, 3.8) is 0 Å². The summed E-state index contributed by atoms with van der Waals surface area (Å²) in [6.45, 7) is 1.24. The zero-order valence-electron chi connectivity index (χ0n) is 13.9. The average Bonchev–Trinajstić information content (AvgIpc) is 2.56. The van der Waals surface area contributed by atoms with Gasteiger partial charge >= 0.3 is 6.18 Å². The Morgan fingerprint density at radius 3 is 2.31 bits per heavy atom. The zero-order chi connectivity index (χ0) is 19.2. The van der Waals surface area contributed by atoms with Crippen LogP contribution < -0.4 is 10.6 Å². The summed E-state index contributed by atoms with van der Waals surface area (Å²) in [6.07, 6.45) is -4.42. The number of carbonyl (C=O) groups is 2. The maximum absolute atomic E-state index is 12.9. The SMILES string of the molecule is CC(=O)Nc1ccc(C(F)(F)F)cc1NC(=O)CCSc1ccccc1. The van der Waals surface area contributed by atoms with E-state index in [1.54, 1.807) is 0 Å². The fourth-order valence-corrected chi connectivity index (χ4v) is 2.99. The molecule has 0 bridgehead atoms. The standard InChI is InChI=1S/C18H17F3N2O2S/c1-12(24)22-15-8-7-13(18(19,20)21)11-16(15)23-17(25)9-10-26-14-5-3-2-4-6-14/h2-8,11H,9-10H2,1H3,(H,22,24)(H,23,25). The van der Waals surface area contributed by atoms with Crippen LogP contribution in [-0.4, -0.2) is 17.6 Å². The maximum Gasteiger partial charge on any atom is 0.416 e. The average molecular weight is 382 g/mol. The van der Waals surface area contributed by atoms with Crippen molar-refractivity contribution in [1.29, 1.82) is 0 Å². The van der Waals surface area contributed by atoms with Crippen molar-refractivity contribution >= 4 is 35.0 Å². The quantitative estimate of drug-likeness (QED) is 0.707. The van der Waals surface area contributed by atoms with Gasteiger partial charge in [0.15, 0.2) is 0 Å². The first-order valence-electron chi connectivity index (χ1n) is 7.72. The van der Waals surface area contributed by atoms with Crippen LogP contribution in [-0.2, 0) is 15.8 Å². The molecule has 0 radical (unpaired) electrons. The minimum absolute atomic E-state index is 0.0789. The maximum atomic E-state index is 12.9. The molecule has 2 aromatic rings. The number of thioether (sulfide) groups is 1. The number of amides is 2. The summed E-state index contributed by atoms with van der Waals surface area (Å²) in [5.74, 6) is -0.399. The number of alkyl halides is 3. The van der Waals surface area contributed by atoms with Crippen LogP contribution in [0.1, 0.15) is 18.9 Å². The molecule has 26 heavy (non-hydrogen) atoms. The molecule has 0 heterocycles. The molecular weight excluding hydrogens is 365 g/mol. The van der Waals surface area contributed by atoms with Crippen LogP contribution in [0.5, 0.6) is 0 Å². The normalized spacial score (nSPS) is 11.1. The Hall–Kier alpha value is -2.48. The summed E-state index contributed by atoms with van der Waals surface area (Å²) in [6, 6.07) is 12.2. The third-order valence-corrected chi connectivity index (χ3v) is 4.29. The molecule has 0 fully saturated rings. The molecule has 0 atom stereocenters. The highest BCUT2D eigenvalue weighted by atomic mass is 32.2. The van der Waals surface area contributed by atoms with Crippen molar-refractivity contribution in [2.75, 3.05) is 16.4 Å². The summed E-state index contributed by atoms with van der Waals surface area (Å²) < 4.78 is 38.7. The third kappa shape index (κ3) is 6.11. The lowest BCUT2D eigenvalue weighted by Crippen LogP contribution is -2.16. The Morgan fingerprint density at radius 2 is 1.69 bits per heavy atom. The molecule has 2 amide bonds. The number of carbonyl (C=O) groups excluding carboxylic acids is 2. The first-order chi connectivity index (χ1) is 12.3.